The highest BCUT2D eigenvalue weighted by Crippen LogP contribution is 2.35. The maximum atomic E-state index is 13.0. The zero-order chi connectivity index (χ0) is 18.7. The van der Waals surface area contributed by atoms with Gasteiger partial charge in [0.25, 0.3) is 0 Å². The second-order valence-corrected chi connectivity index (χ2v) is 9.95. The molecule has 0 aromatic rings. The first kappa shape index (κ1) is 20.8. The fourth-order valence-electron chi connectivity index (χ4n) is 4.72. The molecule has 0 aromatic carbocycles. The van der Waals surface area contributed by atoms with Crippen LogP contribution in [0.4, 0.5) is 0 Å². The van der Waals surface area contributed by atoms with Crippen molar-refractivity contribution in [2.24, 2.45) is 16.7 Å². The van der Waals surface area contributed by atoms with Crippen LogP contribution in [0.2, 0.25) is 6.82 Å². The number of carbonyl (C=O) groups excluding carboxylic acids is 1. The van der Waals surface area contributed by atoms with Crippen molar-refractivity contribution >= 4 is 13.3 Å². The lowest BCUT2D eigenvalue weighted by Gasteiger charge is -2.41. The van der Waals surface area contributed by atoms with Crippen LogP contribution in [0.3, 0.4) is 0 Å². The molecule has 143 valence electrons. The van der Waals surface area contributed by atoms with Crippen molar-refractivity contribution in [3.8, 4) is 0 Å². The van der Waals surface area contributed by atoms with Gasteiger partial charge in [0.1, 0.15) is 0 Å². The summed E-state index contributed by atoms with van der Waals surface area (Å²) in [6.45, 7) is 20.8. The molecule has 2 fully saturated rings. The lowest BCUT2D eigenvalue weighted by molar-refractivity contribution is -0.143. The summed E-state index contributed by atoms with van der Waals surface area (Å²) in [7, 11) is 2.21. The number of piperazine rings is 1. The monoisotopic (exact) mass is 348 g/mol. The smallest absolute Gasteiger partial charge is 0.228 e. The first-order chi connectivity index (χ1) is 11.6. The second kappa shape index (κ2) is 8.43. The molecular formula is C20H39BN3O. The van der Waals surface area contributed by atoms with Crippen molar-refractivity contribution in [1.29, 1.82) is 0 Å². The Balaban J connectivity index is 1.76. The van der Waals surface area contributed by atoms with Crippen LogP contribution >= 0.6 is 0 Å². The maximum absolute atomic E-state index is 13.0. The van der Waals surface area contributed by atoms with Gasteiger partial charge in [0, 0.05) is 38.1 Å². The van der Waals surface area contributed by atoms with E-state index in [-0.39, 0.29) is 10.8 Å². The predicted molar refractivity (Wildman–Crippen MR) is 107 cm³/mol. The first-order valence-corrected chi connectivity index (χ1v) is 10.2. The van der Waals surface area contributed by atoms with Crippen molar-refractivity contribution in [2.45, 2.75) is 60.7 Å². The zero-order valence-electron chi connectivity index (χ0n) is 17.5. The van der Waals surface area contributed by atoms with Gasteiger partial charge in [-0.15, -0.1) is 0 Å². The molecule has 0 spiro atoms. The molecule has 4 nitrogen and oxygen atoms in total. The average molecular weight is 348 g/mol. The number of carbonyl (C=O) groups is 1. The van der Waals surface area contributed by atoms with Gasteiger partial charge in [-0.25, -0.2) is 0 Å². The van der Waals surface area contributed by atoms with Crippen LogP contribution < -0.4 is 0 Å². The van der Waals surface area contributed by atoms with E-state index >= 15 is 0 Å². The molecule has 2 saturated heterocycles. The highest BCUT2D eigenvalue weighted by molar-refractivity contribution is 6.29. The molecule has 0 aromatic heterocycles. The molecule has 2 rings (SSSR count). The highest BCUT2D eigenvalue weighted by Gasteiger charge is 2.37. The summed E-state index contributed by atoms with van der Waals surface area (Å²) >= 11 is 0. The van der Waals surface area contributed by atoms with Gasteiger partial charge in [0.2, 0.25) is 13.3 Å². The molecule has 2 aliphatic heterocycles. The van der Waals surface area contributed by atoms with E-state index in [0.717, 1.165) is 51.4 Å². The minimum absolute atomic E-state index is 0.190. The molecule has 0 bridgehead atoms. The normalized spacial score (nSPS) is 22.2. The van der Waals surface area contributed by atoms with Crippen LogP contribution in [-0.4, -0.2) is 73.7 Å². The molecule has 5 heteroatoms. The standard InChI is InChI=1S/C20H39BN3O/c1-19(2,3)16-20(4,5)18(25)23-9-7-17(8-10-23)15-22-11-13-24(21-6)14-12-22/h17H,7-16H2,1-6H3. The Morgan fingerprint density at radius 1 is 0.960 bits per heavy atom. The van der Waals surface area contributed by atoms with Crippen LogP contribution in [0.25, 0.3) is 0 Å². The molecule has 1 radical (unpaired) electrons. The second-order valence-electron chi connectivity index (χ2n) is 9.95. The van der Waals surface area contributed by atoms with Crippen molar-refractivity contribution in [3.05, 3.63) is 0 Å². The van der Waals surface area contributed by atoms with Crippen molar-refractivity contribution < 1.29 is 4.79 Å². The van der Waals surface area contributed by atoms with E-state index in [9.17, 15) is 4.79 Å². The third-order valence-corrected chi connectivity index (χ3v) is 5.74. The number of piperidine rings is 1. The van der Waals surface area contributed by atoms with Crippen LogP contribution in [0, 0.1) is 16.7 Å². The Kier molecular flexibility index (Phi) is 7.00. The van der Waals surface area contributed by atoms with Gasteiger partial charge in [0.05, 0.1) is 0 Å². The lowest BCUT2D eigenvalue weighted by Crippen LogP contribution is -2.50. The maximum Gasteiger partial charge on any atom is 0.228 e. The van der Waals surface area contributed by atoms with E-state index in [0.29, 0.717) is 5.91 Å². The number of hydrogen-bond donors (Lipinski definition) is 0. The van der Waals surface area contributed by atoms with Crippen molar-refractivity contribution in [1.82, 2.24) is 14.6 Å². The van der Waals surface area contributed by atoms with Crippen LogP contribution in [-0.2, 0) is 4.79 Å². The van der Waals surface area contributed by atoms with E-state index in [1.165, 1.54) is 19.6 Å². The number of nitrogens with zero attached hydrogens (tertiary/aromatic N) is 3. The van der Waals surface area contributed by atoms with E-state index in [2.05, 4.69) is 63.5 Å². The molecule has 0 atom stereocenters. The average Bonchev–Trinajstić information content (AvgIpc) is 2.53. The van der Waals surface area contributed by atoms with Gasteiger partial charge in [-0.3, -0.25) is 4.79 Å². The Hall–Kier alpha value is -0.545. The fourth-order valence-corrected chi connectivity index (χ4v) is 4.72. The minimum atomic E-state index is -0.252. The van der Waals surface area contributed by atoms with Gasteiger partial charge in [0.15, 0.2) is 0 Å². The SMILES string of the molecule is C[B]N1CCN(CC2CCN(C(=O)C(C)(C)CC(C)(C)C)CC2)CC1. The Morgan fingerprint density at radius 3 is 2.00 bits per heavy atom. The summed E-state index contributed by atoms with van der Waals surface area (Å²) < 4.78 is 0. The zero-order valence-corrected chi connectivity index (χ0v) is 17.5. The molecule has 0 unspecified atom stereocenters. The number of likely N-dealkylation sites (tertiary alicyclic amines) is 1. The van der Waals surface area contributed by atoms with Crippen molar-refractivity contribution in [2.75, 3.05) is 45.8 Å². The Morgan fingerprint density at radius 2 is 1.52 bits per heavy atom. The molecule has 1 amide bonds. The number of rotatable bonds is 5. The van der Waals surface area contributed by atoms with E-state index in [4.69, 9.17) is 0 Å². The Labute approximate surface area is 156 Å². The van der Waals surface area contributed by atoms with Gasteiger partial charge in [-0.05, 0) is 43.7 Å². The van der Waals surface area contributed by atoms with Crippen LogP contribution in [0.5, 0.6) is 0 Å². The third-order valence-electron chi connectivity index (χ3n) is 5.74. The summed E-state index contributed by atoms with van der Waals surface area (Å²) in [6, 6.07) is 0. The summed E-state index contributed by atoms with van der Waals surface area (Å²) in [5.41, 5.74) is -0.0619. The molecule has 2 aliphatic rings. The highest BCUT2D eigenvalue weighted by atomic mass is 16.2. The number of amides is 1. The third kappa shape index (κ3) is 6.28. The molecule has 0 N–H and O–H groups in total. The first-order valence-electron chi connectivity index (χ1n) is 10.2. The van der Waals surface area contributed by atoms with Crippen molar-refractivity contribution in [3.63, 3.8) is 0 Å². The number of hydrogen-bond acceptors (Lipinski definition) is 3. The molecular weight excluding hydrogens is 309 g/mol. The van der Waals surface area contributed by atoms with Crippen LogP contribution in [0.15, 0.2) is 0 Å². The predicted octanol–water partition coefficient (Wildman–Crippen LogP) is 2.97. The molecule has 0 saturated carbocycles. The fraction of sp³-hybridized carbons (Fsp3) is 0.950. The summed E-state index contributed by atoms with van der Waals surface area (Å²) in [6.07, 6.45) is 3.27. The molecule has 25 heavy (non-hydrogen) atoms. The summed E-state index contributed by atoms with van der Waals surface area (Å²) in [4.78, 5) is 20.1. The summed E-state index contributed by atoms with van der Waals surface area (Å²) in [5.74, 6) is 1.11. The molecule has 0 aliphatic carbocycles. The van der Waals surface area contributed by atoms with Gasteiger partial charge < -0.3 is 14.6 Å². The minimum Gasteiger partial charge on any atom is -0.345 e. The van der Waals surface area contributed by atoms with Gasteiger partial charge in [-0.2, -0.15) is 0 Å². The van der Waals surface area contributed by atoms with E-state index in [1.54, 1.807) is 0 Å². The summed E-state index contributed by atoms with van der Waals surface area (Å²) in [5, 5.41) is 0. The van der Waals surface area contributed by atoms with E-state index in [1.807, 2.05) is 0 Å². The van der Waals surface area contributed by atoms with E-state index < -0.39 is 0 Å². The Bertz CT molecular complexity index is 431. The molecule has 2 heterocycles. The van der Waals surface area contributed by atoms with Crippen LogP contribution in [0.1, 0.15) is 53.9 Å². The van der Waals surface area contributed by atoms with Gasteiger partial charge in [-0.1, -0.05) is 41.4 Å². The van der Waals surface area contributed by atoms with Gasteiger partial charge >= 0.3 is 0 Å². The largest absolute Gasteiger partial charge is 0.345 e. The quantitative estimate of drug-likeness (QED) is 0.715. The lowest BCUT2D eigenvalue weighted by atomic mass is 9.75. The topological polar surface area (TPSA) is 26.8 Å².